The van der Waals surface area contributed by atoms with Crippen LogP contribution in [0.4, 0.5) is 4.79 Å². The highest BCUT2D eigenvalue weighted by Gasteiger charge is 2.14. The van der Waals surface area contributed by atoms with Crippen molar-refractivity contribution in [2.24, 2.45) is 0 Å². The van der Waals surface area contributed by atoms with E-state index in [9.17, 15) is 9.59 Å². The summed E-state index contributed by atoms with van der Waals surface area (Å²) in [6.07, 6.45) is -0.495. The van der Waals surface area contributed by atoms with E-state index in [2.05, 4.69) is 10.6 Å². The molecule has 0 aliphatic rings. The van der Waals surface area contributed by atoms with Crippen LogP contribution in [0.5, 0.6) is 5.75 Å². The molecule has 2 aromatic carbocycles. The Morgan fingerprint density at radius 1 is 0.960 bits per heavy atom. The minimum atomic E-state index is -0.495. The van der Waals surface area contributed by atoms with Crippen molar-refractivity contribution in [2.45, 2.75) is 19.6 Å². The molecule has 0 aliphatic heterocycles. The number of carbonyl (C=O) groups is 2. The maximum atomic E-state index is 11.9. The molecule has 0 radical (unpaired) electrons. The molecule has 1 atom stereocenters. The van der Waals surface area contributed by atoms with E-state index in [4.69, 9.17) is 9.47 Å². The van der Waals surface area contributed by atoms with E-state index in [1.807, 2.05) is 36.4 Å². The van der Waals surface area contributed by atoms with Crippen molar-refractivity contribution in [3.05, 3.63) is 66.2 Å². The first-order valence-corrected chi connectivity index (χ1v) is 8.10. The minimum absolute atomic E-state index is 0.222. The molecule has 132 valence electrons. The summed E-state index contributed by atoms with van der Waals surface area (Å²) >= 11 is 0. The topological polar surface area (TPSA) is 76.7 Å². The molecular weight excluding hydrogens is 320 g/mol. The molecule has 2 aromatic rings. The van der Waals surface area contributed by atoms with Crippen LogP contribution in [0.25, 0.3) is 0 Å². The largest absolute Gasteiger partial charge is 0.445 e. The Balaban J connectivity index is 1.58. The lowest BCUT2D eigenvalue weighted by Gasteiger charge is -2.13. The number of hydrogen-bond donors (Lipinski definition) is 2. The van der Waals surface area contributed by atoms with Crippen LogP contribution in [0, 0.1) is 0 Å². The van der Waals surface area contributed by atoms with E-state index in [1.165, 1.54) is 0 Å². The fourth-order valence-electron chi connectivity index (χ4n) is 2.00. The Bertz CT molecular complexity index is 662. The van der Waals surface area contributed by atoms with Crippen LogP contribution in [0.2, 0.25) is 0 Å². The predicted octanol–water partition coefficient (Wildman–Crippen LogP) is 2.50. The lowest BCUT2D eigenvalue weighted by molar-refractivity contribution is -0.136. The Hall–Kier alpha value is -2.86. The van der Waals surface area contributed by atoms with Crippen molar-refractivity contribution >= 4 is 12.1 Å². The summed E-state index contributed by atoms with van der Waals surface area (Å²) in [6.45, 7) is 2.70. The Morgan fingerprint density at radius 2 is 1.60 bits per heavy atom. The van der Waals surface area contributed by atoms with Gasteiger partial charge in [0, 0.05) is 13.1 Å². The van der Waals surface area contributed by atoms with Gasteiger partial charge in [0.25, 0.3) is 0 Å². The third-order valence-electron chi connectivity index (χ3n) is 3.37. The molecule has 0 unspecified atom stereocenters. The fourth-order valence-corrected chi connectivity index (χ4v) is 2.00. The number of rotatable bonds is 8. The quantitative estimate of drug-likeness (QED) is 0.438. The van der Waals surface area contributed by atoms with Gasteiger partial charge in [-0.1, -0.05) is 48.5 Å². The van der Waals surface area contributed by atoms with E-state index in [1.54, 1.807) is 31.2 Å². The van der Waals surface area contributed by atoms with Crippen molar-refractivity contribution in [2.75, 3.05) is 13.1 Å². The Kier molecular flexibility index (Phi) is 7.46. The third kappa shape index (κ3) is 7.05. The maximum absolute atomic E-state index is 11.9. The number of carbonyl (C=O) groups excluding carboxylic acids is 2. The zero-order valence-electron chi connectivity index (χ0n) is 14.1. The van der Waals surface area contributed by atoms with Gasteiger partial charge in [-0.05, 0) is 24.6 Å². The van der Waals surface area contributed by atoms with Gasteiger partial charge >= 0.3 is 12.1 Å². The van der Waals surface area contributed by atoms with E-state index in [0.29, 0.717) is 18.8 Å². The number of para-hydroxylation sites is 1. The van der Waals surface area contributed by atoms with Crippen molar-refractivity contribution in [3.8, 4) is 5.75 Å². The predicted molar refractivity (Wildman–Crippen MR) is 94.2 cm³/mol. The van der Waals surface area contributed by atoms with E-state index >= 15 is 0 Å². The second-order valence-corrected chi connectivity index (χ2v) is 5.40. The van der Waals surface area contributed by atoms with Gasteiger partial charge in [-0.25, -0.2) is 9.59 Å². The summed E-state index contributed by atoms with van der Waals surface area (Å²) in [4.78, 5) is 23.5. The fraction of sp³-hybridized carbons (Fsp3) is 0.263. The molecule has 0 saturated carbocycles. The maximum Gasteiger partial charge on any atom is 0.407 e. The standard InChI is InChI=1S/C19H22N2O4/c1-15(18(22)25-17-10-6-3-7-11-17)20-12-13-21-19(23)24-14-16-8-4-2-5-9-16/h2-11,15,20H,12-14H2,1H3,(H,21,23)/t15-/m1/s1. The highest BCUT2D eigenvalue weighted by Crippen LogP contribution is 2.09. The van der Waals surface area contributed by atoms with E-state index in [-0.39, 0.29) is 12.6 Å². The molecule has 2 N–H and O–H groups in total. The summed E-state index contributed by atoms with van der Waals surface area (Å²) in [7, 11) is 0. The summed E-state index contributed by atoms with van der Waals surface area (Å²) in [5.41, 5.74) is 0.924. The summed E-state index contributed by atoms with van der Waals surface area (Å²) < 4.78 is 10.3. The summed E-state index contributed by atoms with van der Waals surface area (Å²) in [6, 6.07) is 17.8. The molecule has 0 spiro atoms. The highest BCUT2D eigenvalue weighted by molar-refractivity contribution is 5.77. The van der Waals surface area contributed by atoms with Crippen LogP contribution in [0.15, 0.2) is 60.7 Å². The lowest BCUT2D eigenvalue weighted by atomic mass is 10.2. The van der Waals surface area contributed by atoms with Gasteiger partial charge in [-0.15, -0.1) is 0 Å². The zero-order valence-corrected chi connectivity index (χ0v) is 14.1. The monoisotopic (exact) mass is 342 g/mol. The molecule has 0 aromatic heterocycles. The summed E-state index contributed by atoms with van der Waals surface area (Å²) in [5.74, 6) is 0.126. The van der Waals surface area contributed by atoms with Crippen molar-refractivity contribution in [3.63, 3.8) is 0 Å². The number of ether oxygens (including phenoxy) is 2. The first kappa shape index (κ1) is 18.5. The van der Waals surface area contributed by atoms with Crippen LogP contribution in [-0.4, -0.2) is 31.2 Å². The molecule has 0 fully saturated rings. The van der Waals surface area contributed by atoms with Gasteiger partial charge in [-0.3, -0.25) is 0 Å². The molecule has 0 aliphatic carbocycles. The van der Waals surface area contributed by atoms with Crippen molar-refractivity contribution in [1.82, 2.24) is 10.6 Å². The van der Waals surface area contributed by atoms with Gasteiger partial charge < -0.3 is 20.1 Å². The van der Waals surface area contributed by atoms with Crippen LogP contribution in [-0.2, 0) is 16.1 Å². The number of nitrogens with one attached hydrogen (secondary N) is 2. The molecular formula is C19H22N2O4. The number of benzene rings is 2. The number of alkyl carbamates (subject to hydrolysis) is 1. The Morgan fingerprint density at radius 3 is 2.28 bits per heavy atom. The molecule has 25 heavy (non-hydrogen) atoms. The second kappa shape index (κ2) is 10.1. The van der Waals surface area contributed by atoms with E-state index in [0.717, 1.165) is 5.56 Å². The first-order valence-electron chi connectivity index (χ1n) is 8.10. The van der Waals surface area contributed by atoms with Crippen molar-refractivity contribution in [1.29, 1.82) is 0 Å². The number of amides is 1. The van der Waals surface area contributed by atoms with Crippen LogP contribution < -0.4 is 15.4 Å². The van der Waals surface area contributed by atoms with Crippen LogP contribution in [0.3, 0.4) is 0 Å². The average Bonchev–Trinajstić information content (AvgIpc) is 2.65. The van der Waals surface area contributed by atoms with Gasteiger partial charge in [0.15, 0.2) is 0 Å². The van der Waals surface area contributed by atoms with E-state index < -0.39 is 12.1 Å². The second-order valence-electron chi connectivity index (χ2n) is 5.40. The number of esters is 1. The SMILES string of the molecule is C[C@@H](NCCNC(=O)OCc1ccccc1)C(=O)Oc1ccccc1. The normalized spacial score (nSPS) is 11.4. The van der Waals surface area contributed by atoms with Crippen molar-refractivity contribution < 1.29 is 19.1 Å². The molecule has 0 bridgehead atoms. The van der Waals surface area contributed by atoms with Gasteiger partial charge in [0.1, 0.15) is 18.4 Å². The molecule has 0 saturated heterocycles. The van der Waals surface area contributed by atoms with Gasteiger partial charge in [0.2, 0.25) is 0 Å². The smallest absolute Gasteiger partial charge is 0.407 e. The third-order valence-corrected chi connectivity index (χ3v) is 3.37. The minimum Gasteiger partial charge on any atom is -0.445 e. The van der Waals surface area contributed by atoms with Crippen LogP contribution >= 0.6 is 0 Å². The zero-order chi connectivity index (χ0) is 17.9. The van der Waals surface area contributed by atoms with Gasteiger partial charge in [0.05, 0.1) is 0 Å². The van der Waals surface area contributed by atoms with Gasteiger partial charge in [-0.2, -0.15) is 0 Å². The number of hydrogen-bond acceptors (Lipinski definition) is 5. The highest BCUT2D eigenvalue weighted by atomic mass is 16.5. The summed E-state index contributed by atoms with van der Waals surface area (Å²) in [5, 5.41) is 5.61. The molecule has 2 rings (SSSR count). The lowest BCUT2D eigenvalue weighted by Crippen LogP contribution is -2.41. The molecule has 6 heteroatoms. The van der Waals surface area contributed by atoms with Crippen LogP contribution in [0.1, 0.15) is 12.5 Å². The molecule has 1 amide bonds. The Labute approximate surface area is 147 Å². The first-order chi connectivity index (χ1) is 12.1. The molecule has 6 nitrogen and oxygen atoms in total. The molecule has 0 heterocycles. The average molecular weight is 342 g/mol.